The molecule has 4 aliphatic heterocycles. The van der Waals surface area contributed by atoms with Crippen LogP contribution < -0.4 is 42.6 Å². The van der Waals surface area contributed by atoms with Crippen LogP contribution in [0.4, 0.5) is 42.9 Å². The molecule has 8 aromatic carbocycles. The van der Waals surface area contributed by atoms with Crippen LogP contribution in [0, 0.1) is 32.4 Å². The van der Waals surface area contributed by atoms with Crippen molar-refractivity contribution < 1.29 is 13.2 Å². The predicted molar refractivity (Wildman–Crippen MR) is 243 cm³/mol. The van der Waals surface area contributed by atoms with Crippen LogP contribution in [0.25, 0.3) is 33.1 Å². The number of halogens is 2. The van der Waals surface area contributed by atoms with Crippen molar-refractivity contribution in [3.8, 4) is 11.1 Å². The molecule has 5 heterocycles. The standard InChI is InChI=1S/C51H32B2F2N2OS/c1-27-18-21-38-33(24-27)52-32-12-5-7-17-43(32)59-51-45(31-11-8-16-42-44(31)30-10-4-6-15-41(30)58-42)49-46-50(47(51)52)56(38)39-22-19-28(2)25-34(39)53(46)35-26-29(3)20-23-40(35)57(49)48-36(54)13-9-14-37(48)55/h4-26H,1-3H3. The highest BCUT2D eigenvalue weighted by atomic mass is 32.2. The second-order valence-electron chi connectivity index (χ2n) is 16.4. The number of aryl methyl sites for hydroxylation is 3. The average Bonchev–Trinajstić information content (AvgIpc) is 3.63. The molecule has 0 saturated carbocycles. The van der Waals surface area contributed by atoms with E-state index < -0.39 is 11.6 Å². The second kappa shape index (κ2) is 11.8. The highest BCUT2D eigenvalue weighted by Gasteiger charge is 2.52. The quantitative estimate of drug-likeness (QED) is 0.163. The third-order valence-corrected chi connectivity index (χ3v) is 14.2. The molecule has 0 fully saturated rings. The van der Waals surface area contributed by atoms with Gasteiger partial charge in [-0.2, -0.15) is 0 Å². The number of nitrogens with zero attached hydrogens (tertiary/aromatic N) is 2. The Morgan fingerprint density at radius 3 is 1.78 bits per heavy atom. The lowest BCUT2D eigenvalue weighted by Gasteiger charge is -2.50. The van der Waals surface area contributed by atoms with Crippen molar-refractivity contribution in [2.45, 2.75) is 30.6 Å². The molecule has 9 aromatic rings. The van der Waals surface area contributed by atoms with E-state index in [2.05, 4.69) is 123 Å². The van der Waals surface area contributed by atoms with Crippen LogP contribution in [-0.4, -0.2) is 13.4 Å². The van der Waals surface area contributed by atoms with Gasteiger partial charge < -0.3 is 14.2 Å². The van der Waals surface area contributed by atoms with E-state index in [4.69, 9.17) is 4.42 Å². The molecular formula is C51H32B2F2N2OS. The van der Waals surface area contributed by atoms with Gasteiger partial charge in [-0.25, -0.2) is 8.78 Å². The third-order valence-electron chi connectivity index (χ3n) is 13.0. The first-order valence-corrected chi connectivity index (χ1v) is 20.9. The van der Waals surface area contributed by atoms with E-state index in [1.54, 1.807) is 11.8 Å². The van der Waals surface area contributed by atoms with Crippen LogP contribution in [0.15, 0.2) is 154 Å². The van der Waals surface area contributed by atoms with Crippen LogP contribution >= 0.6 is 11.8 Å². The largest absolute Gasteiger partial charge is 0.456 e. The van der Waals surface area contributed by atoms with Crippen molar-refractivity contribution in [2.75, 3.05) is 9.80 Å². The second-order valence-corrected chi connectivity index (χ2v) is 17.5. The van der Waals surface area contributed by atoms with E-state index in [-0.39, 0.29) is 19.1 Å². The van der Waals surface area contributed by atoms with Crippen molar-refractivity contribution in [1.82, 2.24) is 0 Å². The Balaban J connectivity index is 1.31. The summed E-state index contributed by atoms with van der Waals surface area (Å²) < 4.78 is 40.3. The van der Waals surface area contributed by atoms with Gasteiger partial charge in [0.05, 0.1) is 5.69 Å². The lowest BCUT2D eigenvalue weighted by Crippen LogP contribution is -2.68. The number of furan rings is 1. The molecule has 0 saturated heterocycles. The summed E-state index contributed by atoms with van der Waals surface area (Å²) in [5.74, 6) is -1.24. The molecule has 0 amide bonds. The summed E-state index contributed by atoms with van der Waals surface area (Å²) in [4.78, 5) is 6.64. The van der Waals surface area contributed by atoms with Crippen molar-refractivity contribution in [1.29, 1.82) is 0 Å². The Kier molecular flexibility index (Phi) is 6.69. The Bertz CT molecular complexity index is 3360. The first kappa shape index (κ1) is 33.5. The van der Waals surface area contributed by atoms with Crippen molar-refractivity contribution in [3.05, 3.63) is 168 Å². The summed E-state index contributed by atoms with van der Waals surface area (Å²) in [7, 11) is 0. The molecule has 278 valence electrons. The molecule has 0 spiro atoms. The molecule has 0 N–H and O–H groups in total. The first-order chi connectivity index (χ1) is 28.9. The summed E-state index contributed by atoms with van der Waals surface area (Å²) in [6.45, 7) is 6.11. The van der Waals surface area contributed by atoms with Gasteiger partial charge in [-0.05, 0) is 102 Å². The van der Waals surface area contributed by atoms with E-state index in [0.717, 1.165) is 88.5 Å². The lowest BCUT2D eigenvalue weighted by molar-refractivity contribution is 0.586. The SMILES string of the molecule is Cc1ccc2c(c1)B1c3ccccc3Sc3c1c1c4c(c3-c3cccc5oc6ccccc6c35)N(c3c(F)cccc3F)c3ccc(C)cc3B4c3cc(C)ccc3N21. The van der Waals surface area contributed by atoms with Gasteiger partial charge in [0.15, 0.2) is 0 Å². The minimum atomic E-state index is -0.618. The van der Waals surface area contributed by atoms with Crippen LogP contribution in [0.1, 0.15) is 16.7 Å². The number of para-hydroxylation sites is 2. The molecule has 8 heteroatoms. The van der Waals surface area contributed by atoms with Gasteiger partial charge in [0.25, 0.3) is 6.71 Å². The molecule has 1 aromatic heterocycles. The molecule has 59 heavy (non-hydrogen) atoms. The highest BCUT2D eigenvalue weighted by Crippen LogP contribution is 2.55. The molecule has 4 aliphatic rings. The highest BCUT2D eigenvalue weighted by molar-refractivity contribution is 8.00. The Labute approximate surface area is 345 Å². The van der Waals surface area contributed by atoms with Gasteiger partial charge in [-0.1, -0.05) is 125 Å². The maximum Gasteiger partial charge on any atom is 0.252 e. The molecule has 13 rings (SSSR count). The smallest absolute Gasteiger partial charge is 0.252 e. The topological polar surface area (TPSA) is 19.6 Å². The van der Waals surface area contributed by atoms with Gasteiger partial charge in [-0.3, -0.25) is 0 Å². The fourth-order valence-electron chi connectivity index (χ4n) is 10.7. The van der Waals surface area contributed by atoms with Crippen LogP contribution in [0.3, 0.4) is 0 Å². The van der Waals surface area contributed by atoms with Crippen molar-refractivity contribution in [3.63, 3.8) is 0 Å². The van der Waals surface area contributed by atoms with E-state index in [1.165, 1.54) is 50.5 Å². The van der Waals surface area contributed by atoms with Gasteiger partial charge in [-0.15, -0.1) is 0 Å². The molecule has 0 atom stereocenters. The van der Waals surface area contributed by atoms with Gasteiger partial charge >= 0.3 is 0 Å². The number of hydrogen-bond donors (Lipinski definition) is 0. The Hall–Kier alpha value is -6.50. The summed E-state index contributed by atoms with van der Waals surface area (Å²) in [5, 5.41) is 1.98. The van der Waals surface area contributed by atoms with Gasteiger partial charge in [0.2, 0.25) is 6.71 Å². The van der Waals surface area contributed by atoms with Gasteiger partial charge in [0, 0.05) is 48.9 Å². The van der Waals surface area contributed by atoms with Crippen molar-refractivity contribution >= 4 is 114 Å². The summed E-state index contributed by atoms with van der Waals surface area (Å²) >= 11 is 1.77. The molecule has 3 nitrogen and oxygen atoms in total. The lowest BCUT2D eigenvalue weighted by atomic mass is 9.29. The molecule has 0 radical (unpaired) electrons. The van der Waals surface area contributed by atoms with Gasteiger partial charge in [0.1, 0.15) is 28.5 Å². The number of rotatable bonds is 2. The predicted octanol–water partition coefficient (Wildman–Crippen LogP) is 9.83. The molecule has 0 unspecified atom stereocenters. The number of benzene rings is 8. The third kappa shape index (κ3) is 4.34. The minimum absolute atomic E-state index is 0.0850. The zero-order valence-electron chi connectivity index (χ0n) is 32.4. The Morgan fingerprint density at radius 2 is 1.08 bits per heavy atom. The summed E-state index contributed by atoms with van der Waals surface area (Å²) in [6, 6.07) is 47.4. The summed E-state index contributed by atoms with van der Waals surface area (Å²) in [5.41, 5.74) is 18.7. The van der Waals surface area contributed by atoms with Crippen molar-refractivity contribution in [2.24, 2.45) is 0 Å². The zero-order valence-corrected chi connectivity index (χ0v) is 33.2. The zero-order chi connectivity index (χ0) is 39.4. The average molecular weight is 781 g/mol. The Morgan fingerprint density at radius 1 is 0.508 bits per heavy atom. The van der Waals surface area contributed by atoms with E-state index in [0.29, 0.717) is 0 Å². The first-order valence-electron chi connectivity index (χ1n) is 20.1. The van der Waals surface area contributed by atoms with Crippen LogP contribution in [-0.2, 0) is 0 Å². The number of hydrogen-bond acceptors (Lipinski definition) is 4. The molecule has 0 aliphatic carbocycles. The monoisotopic (exact) mass is 780 g/mol. The minimum Gasteiger partial charge on any atom is -0.456 e. The van der Waals surface area contributed by atoms with Crippen LogP contribution in [0.5, 0.6) is 0 Å². The van der Waals surface area contributed by atoms with E-state index in [1.807, 2.05) is 29.2 Å². The summed E-state index contributed by atoms with van der Waals surface area (Å²) in [6.07, 6.45) is 0. The molecule has 0 bridgehead atoms. The normalized spacial score (nSPS) is 14.0. The number of anilines is 6. The fraction of sp³-hybridized carbons (Fsp3) is 0.0588. The maximum absolute atomic E-state index is 16.8. The molecular weight excluding hydrogens is 748 g/mol. The van der Waals surface area contributed by atoms with Crippen LogP contribution in [0.2, 0.25) is 0 Å². The number of fused-ring (bicyclic) bond motifs is 13. The van der Waals surface area contributed by atoms with E-state index >= 15 is 8.78 Å². The maximum atomic E-state index is 16.8. The fourth-order valence-corrected chi connectivity index (χ4v) is 12.0. The van der Waals surface area contributed by atoms with E-state index in [9.17, 15) is 0 Å².